The van der Waals surface area contributed by atoms with Gasteiger partial charge in [0.05, 0.1) is 11.4 Å². The third-order valence-corrected chi connectivity index (χ3v) is 4.78. The third-order valence-electron chi connectivity index (χ3n) is 3.88. The number of carbonyl (C=O) groups excluding carboxylic acids is 1. The van der Waals surface area contributed by atoms with E-state index in [4.69, 9.17) is 0 Å². The van der Waals surface area contributed by atoms with Crippen LogP contribution in [0.1, 0.15) is 17.7 Å². The molecule has 0 atom stereocenters. The maximum absolute atomic E-state index is 11.9. The molecule has 0 unspecified atom stereocenters. The average Bonchev–Trinajstić information content (AvgIpc) is 3.24. The standard InChI is InChI=1S/C19H21N3OS/c1-15-14-17(18-8-5-13-24-18)21-22(15)12-11-20-19(23)10-9-16-6-3-2-4-7-16/h2-8,13-14H,9-12H2,1H3,(H,20,23). The highest BCUT2D eigenvalue weighted by molar-refractivity contribution is 7.13. The number of amides is 1. The molecule has 0 aliphatic rings. The Balaban J connectivity index is 1.45. The van der Waals surface area contributed by atoms with Crippen molar-refractivity contribution in [2.24, 2.45) is 0 Å². The van der Waals surface area contributed by atoms with E-state index in [2.05, 4.69) is 27.9 Å². The number of nitrogens with zero attached hydrogens (tertiary/aromatic N) is 2. The zero-order valence-electron chi connectivity index (χ0n) is 13.7. The smallest absolute Gasteiger partial charge is 0.220 e. The number of hydrogen-bond donors (Lipinski definition) is 1. The van der Waals surface area contributed by atoms with E-state index in [-0.39, 0.29) is 5.91 Å². The van der Waals surface area contributed by atoms with Crippen molar-refractivity contribution in [2.75, 3.05) is 6.54 Å². The second kappa shape index (κ2) is 7.93. The molecule has 1 amide bonds. The van der Waals surface area contributed by atoms with Crippen LogP contribution in [-0.2, 0) is 17.8 Å². The first-order chi connectivity index (χ1) is 11.7. The molecule has 0 saturated heterocycles. The molecule has 124 valence electrons. The number of hydrogen-bond acceptors (Lipinski definition) is 3. The SMILES string of the molecule is Cc1cc(-c2cccs2)nn1CCNC(=O)CCc1ccccc1. The number of thiophene rings is 1. The van der Waals surface area contributed by atoms with E-state index < -0.39 is 0 Å². The van der Waals surface area contributed by atoms with Gasteiger partial charge in [0.2, 0.25) is 5.91 Å². The Kier molecular flexibility index (Phi) is 5.43. The van der Waals surface area contributed by atoms with Gasteiger partial charge in [-0.3, -0.25) is 9.48 Å². The molecule has 0 radical (unpaired) electrons. The lowest BCUT2D eigenvalue weighted by Gasteiger charge is -2.07. The first-order valence-electron chi connectivity index (χ1n) is 8.11. The molecular weight excluding hydrogens is 318 g/mol. The summed E-state index contributed by atoms with van der Waals surface area (Å²) < 4.78 is 1.95. The van der Waals surface area contributed by atoms with Gasteiger partial charge in [0, 0.05) is 18.7 Å². The highest BCUT2D eigenvalue weighted by Gasteiger charge is 2.08. The normalized spacial score (nSPS) is 10.7. The maximum atomic E-state index is 11.9. The Bertz CT molecular complexity index is 778. The molecule has 0 bridgehead atoms. The van der Waals surface area contributed by atoms with Gasteiger partial charge >= 0.3 is 0 Å². The van der Waals surface area contributed by atoms with Crippen molar-refractivity contribution in [1.29, 1.82) is 0 Å². The van der Waals surface area contributed by atoms with Crippen LogP contribution in [0.25, 0.3) is 10.6 Å². The Morgan fingerprint density at radius 1 is 1.21 bits per heavy atom. The fourth-order valence-corrected chi connectivity index (χ4v) is 3.25. The van der Waals surface area contributed by atoms with Crippen LogP contribution >= 0.6 is 11.3 Å². The fourth-order valence-electron chi connectivity index (χ4n) is 2.57. The van der Waals surface area contributed by atoms with Crippen molar-refractivity contribution in [3.63, 3.8) is 0 Å². The number of aromatic nitrogens is 2. The van der Waals surface area contributed by atoms with E-state index in [1.54, 1.807) is 11.3 Å². The van der Waals surface area contributed by atoms with Gasteiger partial charge in [-0.05, 0) is 36.4 Å². The highest BCUT2D eigenvalue weighted by Crippen LogP contribution is 2.23. The first-order valence-corrected chi connectivity index (χ1v) is 8.99. The molecule has 4 nitrogen and oxygen atoms in total. The van der Waals surface area contributed by atoms with E-state index in [1.165, 1.54) is 10.4 Å². The molecule has 0 spiro atoms. The van der Waals surface area contributed by atoms with Gasteiger partial charge in [0.1, 0.15) is 5.69 Å². The van der Waals surface area contributed by atoms with Crippen molar-refractivity contribution in [1.82, 2.24) is 15.1 Å². The molecule has 2 aromatic heterocycles. The average molecular weight is 339 g/mol. The lowest BCUT2D eigenvalue weighted by Crippen LogP contribution is -2.27. The van der Waals surface area contributed by atoms with Gasteiger partial charge in [0.25, 0.3) is 0 Å². The van der Waals surface area contributed by atoms with Crippen LogP contribution < -0.4 is 5.32 Å². The van der Waals surface area contributed by atoms with Crippen LogP contribution in [0.3, 0.4) is 0 Å². The summed E-state index contributed by atoms with van der Waals surface area (Å²) in [6, 6.07) is 16.3. The highest BCUT2D eigenvalue weighted by atomic mass is 32.1. The molecule has 2 heterocycles. The Hall–Kier alpha value is -2.40. The van der Waals surface area contributed by atoms with E-state index in [0.29, 0.717) is 19.5 Å². The quantitative estimate of drug-likeness (QED) is 0.714. The Morgan fingerprint density at radius 3 is 2.79 bits per heavy atom. The summed E-state index contributed by atoms with van der Waals surface area (Å²) in [7, 11) is 0. The van der Waals surface area contributed by atoms with Crippen LogP contribution in [0.2, 0.25) is 0 Å². The van der Waals surface area contributed by atoms with Crippen molar-refractivity contribution >= 4 is 17.2 Å². The van der Waals surface area contributed by atoms with Crippen molar-refractivity contribution in [3.05, 3.63) is 65.2 Å². The molecule has 3 aromatic rings. The number of nitrogens with one attached hydrogen (secondary N) is 1. The minimum Gasteiger partial charge on any atom is -0.354 e. The van der Waals surface area contributed by atoms with E-state index >= 15 is 0 Å². The summed E-state index contributed by atoms with van der Waals surface area (Å²) in [4.78, 5) is 13.1. The van der Waals surface area contributed by atoms with Crippen LogP contribution in [0.15, 0.2) is 53.9 Å². The fraction of sp³-hybridized carbons (Fsp3) is 0.263. The maximum Gasteiger partial charge on any atom is 0.220 e. The van der Waals surface area contributed by atoms with Gasteiger partial charge in [-0.15, -0.1) is 11.3 Å². The zero-order valence-corrected chi connectivity index (χ0v) is 14.6. The summed E-state index contributed by atoms with van der Waals surface area (Å²) in [6.45, 7) is 3.33. The predicted octanol–water partition coefficient (Wildman–Crippen LogP) is 3.67. The largest absolute Gasteiger partial charge is 0.354 e. The molecule has 0 saturated carbocycles. The van der Waals surface area contributed by atoms with Crippen LogP contribution in [-0.4, -0.2) is 22.2 Å². The van der Waals surface area contributed by atoms with Gasteiger partial charge in [-0.2, -0.15) is 5.10 Å². The minimum atomic E-state index is 0.0853. The summed E-state index contributed by atoms with van der Waals surface area (Å²) in [5, 5.41) is 9.65. The van der Waals surface area contributed by atoms with Crippen LogP contribution in [0.5, 0.6) is 0 Å². The summed E-state index contributed by atoms with van der Waals surface area (Å²) >= 11 is 1.69. The third kappa shape index (κ3) is 4.32. The molecule has 0 aliphatic heterocycles. The number of benzene rings is 1. The minimum absolute atomic E-state index is 0.0853. The van der Waals surface area contributed by atoms with Gasteiger partial charge < -0.3 is 5.32 Å². The molecule has 5 heteroatoms. The van der Waals surface area contributed by atoms with Gasteiger partial charge in [-0.25, -0.2) is 0 Å². The molecule has 0 fully saturated rings. The number of aryl methyl sites for hydroxylation is 2. The zero-order chi connectivity index (χ0) is 16.8. The molecule has 3 rings (SSSR count). The summed E-state index contributed by atoms with van der Waals surface area (Å²) in [5.41, 5.74) is 3.30. The van der Waals surface area contributed by atoms with E-state index in [0.717, 1.165) is 17.8 Å². The lowest BCUT2D eigenvalue weighted by molar-refractivity contribution is -0.121. The predicted molar refractivity (Wildman–Crippen MR) is 98.0 cm³/mol. The topological polar surface area (TPSA) is 46.9 Å². The van der Waals surface area contributed by atoms with Crippen molar-refractivity contribution in [2.45, 2.75) is 26.3 Å². The number of rotatable bonds is 7. The second-order valence-corrected chi connectivity index (χ2v) is 6.65. The monoisotopic (exact) mass is 339 g/mol. The van der Waals surface area contributed by atoms with E-state index in [1.807, 2.05) is 48.0 Å². The summed E-state index contributed by atoms with van der Waals surface area (Å²) in [5.74, 6) is 0.0853. The van der Waals surface area contributed by atoms with Crippen molar-refractivity contribution in [3.8, 4) is 10.6 Å². The summed E-state index contributed by atoms with van der Waals surface area (Å²) in [6.07, 6.45) is 1.29. The molecule has 1 N–H and O–H groups in total. The van der Waals surface area contributed by atoms with Crippen LogP contribution in [0.4, 0.5) is 0 Å². The Morgan fingerprint density at radius 2 is 2.04 bits per heavy atom. The molecule has 24 heavy (non-hydrogen) atoms. The lowest BCUT2D eigenvalue weighted by atomic mass is 10.1. The van der Waals surface area contributed by atoms with Crippen LogP contribution in [0, 0.1) is 6.92 Å². The molecule has 0 aliphatic carbocycles. The van der Waals surface area contributed by atoms with Crippen molar-refractivity contribution < 1.29 is 4.79 Å². The van der Waals surface area contributed by atoms with Gasteiger partial charge in [-0.1, -0.05) is 36.4 Å². The second-order valence-electron chi connectivity index (χ2n) is 5.71. The van der Waals surface area contributed by atoms with E-state index in [9.17, 15) is 4.79 Å². The Labute approximate surface area is 146 Å². The first kappa shape index (κ1) is 16.5. The van der Waals surface area contributed by atoms with Gasteiger partial charge in [0.15, 0.2) is 0 Å². The molecular formula is C19H21N3OS. The molecule has 1 aromatic carbocycles. The number of carbonyl (C=O) groups is 1.